The summed E-state index contributed by atoms with van der Waals surface area (Å²) in [5, 5.41) is 3.27. The molecule has 2 bridgehead atoms. The highest BCUT2D eigenvalue weighted by Gasteiger charge is 2.61. The maximum atomic E-state index is 12.8. The van der Waals surface area contributed by atoms with E-state index in [1.165, 1.54) is 17.7 Å². The van der Waals surface area contributed by atoms with Crippen LogP contribution in [0.1, 0.15) is 68.8 Å². The Balaban J connectivity index is 1.42. The fourth-order valence-corrected chi connectivity index (χ4v) is 5.41. The first-order chi connectivity index (χ1) is 12.7. The van der Waals surface area contributed by atoms with Crippen LogP contribution in [0.25, 0.3) is 0 Å². The monoisotopic (exact) mass is 368 g/mol. The van der Waals surface area contributed by atoms with E-state index in [9.17, 15) is 14.4 Å². The third-order valence-corrected chi connectivity index (χ3v) is 7.81. The minimum atomic E-state index is -0.117. The van der Waals surface area contributed by atoms with Crippen LogP contribution < -0.4 is 5.32 Å². The Bertz CT molecular complexity index is 782. The predicted molar refractivity (Wildman–Crippen MR) is 102 cm³/mol. The molecule has 3 fully saturated rings. The fraction of sp³-hybridized carbons (Fsp3) is 0.591. The van der Waals surface area contributed by atoms with E-state index in [0.717, 1.165) is 12.0 Å². The van der Waals surface area contributed by atoms with Crippen molar-refractivity contribution < 1.29 is 14.4 Å². The Morgan fingerprint density at radius 2 is 1.74 bits per heavy atom. The van der Waals surface area contributed by atoms with Gasteiger partial charge in [-0.15, -0.1) is 0 Å². The van der Waals surface area contributed by atoms with Crippen molar-refractivity contribution in [3.63, 3.8) is 0 Å². The minimum Gasteiger partial charge on any atom is -0.349 e. The molecule has 2 saturated carbocycles. The number of imide groups is 1. The number of likely N-dealkylation sites (tertiary alicyclic amines) is 1. The number of nitrogens with zero attached hydrogens (tertiary/aromatic N) is 1. The lowest BCUT2D eigenvalue weighted by molar-refractivity contribution is -0.139. The Kier molecular flexibility index (Phi) is 4.17. The first-order valence-electron chi connectivity index (χ1n) is 9.95. The molecule has 3 aliphatic rings. The van der Waals surface area contributed by atoms with Gasteiger partial charge in [-0.1, -0.05) is 32.9 Å². The summed E-state index contributed by atoms with van der Waals surface area (Å²) in [6, 6.07) is 7.46. The summed E-state index contributed by atoms with van der Waals surface area (Å²) >= 11 is 0. The van der Waals surface area contributed by atoms with Gasteiger partial charge in [0.2, 0.25) is 11.8 Å². The number of hydrogen-bond acceptors (Lipinski definition) is 3. The van der Waals surface area contributed by atoms with Gasteiger partial charge >= 0.3 is 0 Å². The lowest BCUT2D eigenvalue weighted by Crippen LogP contribution is -2.46. The van der Waals surface area contributed by atoms with Crippen molar-refractivity contribution in [3.05, 3.63) is 35.4 Å². The SMILES string of the molecule is CC1(C)[C@H]2CC[C@@]1(C)[C@@H](NC(=O)c1ccc(CN3C(=O)CCC3=O)cc1)C2. The molecule has 1 heterocycles. The van der Waals surface area contributed by atoms with Gasteiger partial charge in [0, 0.05) is 24.4 Å². The van der Waals surface area contributed by atoms with Gasteiger partial charge in [-0.2, -0.15) is 0 Å². The molecule has 3 amide bonds. The van der Waals surface area contributed by atoms with Crippen LogP contribution in [-0.2, 0) is 16.1 Å². The zero-order valence-corrected chi connectivity index (χ0v) is 16.4. The molecule has 1 aromatic rings. The number of amides is 3. The number of fused-ring (bicyclic) bond motifs is 2. The van der Waals surface area contributed by atoms with E-state index in [1.807, 2.05) is 12.1 Å². The van der Waals surface area contributed by atoms with Crippen LogP contribution in [0.5, 0.6) is 0 Å². The molecule has 0 radical (unpaired) electrons. The van der Waals surface area contributed by atoms with Gasteiger partial charge in [0.25, 0.3) is 5.91 Å². The van der Waals surface area contributed by atoms with Gasteiger partial charge in [0.1, 0.15) is 0 Å². The number of carbonyl (C=O) groups excluding carboxylic acids is 3. The van der Waals surface area contributed by atoms with Gasteiger partial charge in [0.15, 0.2) is 0 Å². The molecule has 5 heteroatoms. The molecule has 1 N–H and O–H groups in total. The quantitative estimate of drug-likeness (QED) is 0.830. The van der Waals surface area contributed by atoms with Gasteiger partial charge in [0.05, 0.1) is 6.54 Å². The lowest BCUT2D eigenvalue weighted by atomic mass is 9.69. The lowest BCUT2D eigenvalue weighted by Gasteiger charge is -2.39. The molecule has 27 heavy (non-hydrogen) atoms. The van der Waals surface area contributed by atoms with Crippen LogP contribution in [0.3, 0.4) is 0 Å². The van der Waals surface area contributed by atoms with Crippen molar-refractivity contribution in [2.75, 3.05) is 0 Å². The summed E-state index contributed by atoms with van der Waals surface area (Å²) in [5.41, 5.74) is 1.91. The zero-order chi connectivity index (χ0) is 19.4. The molecule has 3 atom stereocenters. The van der Waals surface area contributed by atoms with Crippen molar-refractivity contribution in [1.29, 1.82) is 0 Å². The Morgan fingerprint density at radius 1 is 1.11 bits per heavy atom. The molecule has 0 unspecified atom stereocenters. The highest BCUT2D eigenvalue weighted by molar-refractivity contribution is 6.01. The number of benzene rings is 1. The molecule has 2 aliphatic carbocycles. The summed E-state index contributed by atoms with van der Waals surface area (Å²) in [7, 11) is 0. The standard InChI is InChI=1S/C22H28N2O3/c1-21(2)16-10-11-22(21,3)17(12-16)23-20(27)15-6-4-14(5-7-15)13-24-18(25)8-9-19(24)26/h4-7,16-17H,8-13H2,1-3H3,(H,23,27)/t16-,17-,22-/m0/s1. The summed E-state index contributed by atoms with van der Waals surface area (Å²) in [6.45, 7) is 7.29. The highest BCUT2D eigenvalue weighted by atomic mass is 16.2. The maximum absolute atomic E-state index is 12.8. The van der Waals surface area contributed by atoms with Crippen molar-refractivity contribution >= 4 is 17.7 Å². The molecule has 5 nitrogen and oxygen atoms in total. The van der Waals surface area contributed by atoms with E-state index < -0.39 is 0 Å². The minimum absolute atomic E-state index is 0.0375. The van der Waals surface area contributed by atoms with Crippen molar-refractivity contribution in [3.8, 4) is 0 Å². The van der Waals surface area contributed by atoms with Crippen LogP contribution in [-0.4, -0.2) is 28.7 Å². The summed E-state index contributed by atoms with van der Waals surface area (Å²) < 4.78 is 0. The third kappa shape index (κ3) is 2.79. The summed E-state index contributed by atoms with van der Waals surface area (Å²) in [6.07, 6.45) is 4.10. The van der Waals surface area contributed by atoms with Crippen LogP contribution in [0.4, 0.5) is 0 Å². The van der Waals surface area contributed by atoms with Gasteiger partial charge in [-0.25, -0.2) is 0 Å². The molecule has 144 valence electrons. The first-order valence-corrected chi connectivity index (χ1v) is 9.95. The van der Waals surface area contributed by atoms with Crippen LogP contribution in [0.15, 0.2) is 24.3 Å². The average Bonchev–Trinajstić information content (AvgIpc) is 3.13. The van der Waals surface area contributed by atoms with E-state index in [0.29, 0.717) is 24.3 Å². The number of rotatable bonds is 4. The molecule has 1 aromatic carbocycles. The highest BCUT2D eigenvalue weighted by Crippen LogP contribution is 2.65. The number of carbonyl (C=O) groups is 3. The van der Waals surface area contributed by atoms with E-state index in [1.54, 1.807) is 12.1 Å². The molecule has 0 aromatic heterocycles. The largest absolute Gasteiger partial charge is 0.349 e. The molecule has 4 rings (SSSR count). The second-order valence-electron chi connectivity index (χ2n) is 9.21. The Labute approximate surface area is 160 Å². The third-order valence-electron chi connectivity index (χ3n) is 7.81. The summed E-state index contributed by atoms with van der Waals surface area (Å²) in [5.74, 6) is 0.415. The van der Waals surface area contributed by atoms with E-state index in [2.05, 4.69) is 26.1 Å². The average molecular weight is 368 g/mol. The Hall–Kier alpha value is -2.17. The van der Waals surface area contributed by atoms with E-state index in [-0.39, 0.29) is 41.1 Å². The summed E-state index contributed by atoms with van der Waals surface area (Å²) in [4.78, 5) is 37.5. The van der Waals surface area contributed by atoms with E-state index >= 15 is 0 Å². The number of hydrogen-bond donors (Lipinski definition) is 1. The van der Waals surface area contributed by atoms with Crippen LogP contribution in [0.2, 0.25) is 0 Å². The molecule has 1 aliphatic heterocycles. The second-order valence-corrected chi connectivity index (χ2v) is 9.21. The molecular formula is C22H28N2O3. The first kappa shape index (κ1) is 18.2. The molecule has 0 spiro atoms. The van der Waals surface area contributed by atoms with Crippen LogP contribution >= 0.6 is 0 Å². The number of nitrogens with one attached hydrogen (secondary N) is 1. The van der Waals surface area contributed by atoms with Gasteiger partial charge in [-0.05, 0) is 53.7 Å². The van der Waals surface area contributed by atoms with Crippen molar-refractivity contribution in [2.45, 2.75) is 65.5 Å². The van der Waals surface area contributed by atoms with E-state index in [4.69, 9.17) is 0 Å². The smallest absolute Gasteiger partial charge is 0.251 e. The fourth-order valence-electron chi connectivity index (χ4n) is 5.41. The van der Waals surface area contributed by atoms with Crippen molar-refractivity contribution in [2.24, 2.45) is 16.7 Å². The zero-order valence-electron chi connectivity index (χ0n) is 16.4. The topological polar surface area (TPSA) is 66.5 Å². The normalized spacial score (nSPS) is 31.6. The van der Waals surface area contributed by atoms with Gasteiger partial charge in [-0.3, -0.25) is 19.3 Å². The van der Waals surface area contributed by atoms with Crippen molar-refractivity contribution in [1.82, 2.24) is 10.2 Å². The predicted octanol–water partition coefficient (Wildman–Crippen LogP) is 3.28. The Morgan fingerprint density at radius 3 is 2.26 bits per heavy atom. The second kappa shape index (κ2) is 6.18. The maximum Gasteiger partial charge on any atom is 0.251 e. The van der Waals surface area contributed by atoms with Crippen LogP contribution in [0, 0.1) is 16.7 Å². The molecular weight excluding hydrogens is 340 g/mol. The van der Waals surface area contributed by atoms with Gasteiger partial charge < -0.3 is 5.32 Å². The molecule has 1 saturated heterocycles.